The average molecular weight is 272 g/mol. The number of Topliss-reactive ketones (excluding diaryl/α,β-unsaturated/α-hetero) is 1. The van der Waals surface area contributed by atoms with Crippen molar-refractivity contribution < 1.29 is 4.79 Å². The van der Waals surface area contributed by atoms with Crippen molar-refractivity contribution in [3.05, 3.63) is 35.4 Å². The summed E-state index contributed by atoms with van der Waals surface area (Å²) in [5.41, 5.74) is 3.47. The summed E-state index contributed by atoms with van der Waals surface area (Å²) in [6.45, 7) is 7.12. The SMILES string of the molecule is C[Si](C)(C)C1C(=O)CCC2c3ccccc3CCC21. The Morgan fingerprint density at radius 1 is 1.05 bits per heavy atom. The largest absolute Gasteiger partial charge is 0.300 e. The van der Waals surface area contributed by atoms with Crippen LogP contribution in [0.3, 0.4) is 0 Å². The molecule has 2 heteroatoms. The predicted molar refractivity (Wildman–Crippen MR) is 82.3 cm³/mol. The lowest BCUT2D eigenvalue weighted by molar-refractivity contribution is -0.122. The zero-order chi connectivity index (χ0) is 13.6. The number of hydrogen-bond acceptors (Lipinski definition) is 1. The van der Waals surface area contributed by atoms with Crippen LogP contribution in [0.4, 0.5) is 0 Å². The van der Waals surface area contributed by atoms with Crippen LogP contribution in [-0.4, -0.2) is 13.9 Å². The highest BCUT2D eigenvalue weighted by Crippen LogP contribution is 2.51. The van der Waals surface area contributed by atoms with Crippen LogP contribution >= 0.6 is 0 Å². The van der Waals surface area contributed by atoms with Crippen molar-refractivity contribution >= 4 is 13.9 Å². The monoisotopic (exact) mass is 272 g/mol. The van der Waals surface area contributed by atoms with Crippen molar-refractivity contribution in [3.8, 4) is 0 Å². The normalized spacial score (nSPS) is 30.7. The van der Waals surface area contributed by atoms with E-state index >= 15 is 0 Å². The number of carbonyl (C=O) groups excluding carboxylic acids is 1. The second kappa shape index (κ2) is 4.59. The van der Waals surface area contributed by atoms with Crippen LogP contribution in [0.1, 0.15) is 36.3 Å². The third-order valence-electron chi connectivity index (χ3n) is 5.13. The molecule has 0 amide bonds. The third kappa shape index (κ3) is 2.20. The minimum absolute atomic E-state index is 0.389. The average Bonchev–Trinajstić information content (AvgIpc) is 2.36. The molecule has 1 aromatic rings. The van der Waals surface area contributed by atoms with E-state index < -0.39 is 8.07 Å². The Morgan fingerprint density at radius 3 is 2.53 bits per heavy atom. The van der Waals surface area contributed by atoms with Crippen LogP contribution < -0.4 is 0 Å². The molecule has 102 valence electrons. The molecule has 1 saturated carbocycles. The fourth-order valence-corrected chi connectivity index (χ4v) is 7.26. The molecule has 3 unspecified atom stereocenters. The number of fused-ring (bicyclic) bond motifs is 3. The van der Waals surface area contributed by atoms with Gasteiger partial charge in [0, 0.05) is 12.0 Å². The molecule has 0 aliphatic heterocycles. The predicted octanol–water partition coefficient (Wildman–Crippen LogP) is 4.40. The Balaban J connectivity index is 2.00. The summed E-state index contributed by atoms with van der Waals surface area (Å²) in [7, 11) is -1.40. The van der Waals surface area contributed by atoms with Gasteiger partial charge in [-0.2, -0.15) is 0 Å². The van der Waals surface area contributed by atoms with Gasteiger partial charge in [-0.1, -0.05) is 43.9 Å². The molecule has 2 aliphatic carbocycles. The fraction of sp³-hybridized carbons (Fsp3) is 0.588. The Hall–Kier alpha value is -0.893. The van der Waals surface area contributed by atoms with Crippen molar-refractivity contribution in [2.24, 2.45) is 5.92 Å². The molecule has 3 atom stereocenters. The van der Waals surface area contributed by atoms with Gasteiger partial charge in [0.1, 0.15) is 5.78 Å². The highest BCUT2D eigenvalue weighted by Gasteiger charge is 2.46. The highest BCUT2D eigenvalue weighted by molar-refractivity contribution is 6.80. The summed E-state index contributed by atoms with van der Waals surface area (Å²) in [5, 5.41) is 0. The van der Waals surface area contributed by atoms with Gasteiger partial charge in [0.25, 0.3) is 0 Å². The first-order chi connectivity index (χ1) is 8.98. The highest BCUT2D eigenvalue weighted by atomic mass is 28.3. The topological polar surface area (TPSA) is 17.1 Å². The molecule has 0 spiro atoms. The van der Waals surface area contributed by atoms with E-state index in [1.807, 2.05) is 0 Å². The van der Waals surface area contributed by atoms with Crippen LogP contribution in [0.25, 0.3) is 0 Å². The molecule has 1 aromatic carbocycles. The van der Waals surface area contributed by atoms with Crippen molar-refractivity contribution in [1.82, 2.24) is 0 Å². The number of ketones is 1. The minimum Gasteiger partial charge on any atom is -0.300 e. The maximum atomic E-state index is 12.4. The van der Waals surface area contributed by atoms with E-state index in [1.54, 1.807) is 5.56 Å². The molecule has 0 aromatic heterocycles. The van der Waals surface area contributed by atoms with Crippen molar-refractivity contribution in [2.45, 2.75) is 56.8 Å². The molecule has 19 heavy (non-hydrogen) atoms. The lowest BCUT2D eigenvalue weighted by Crippen LogP contribution is -2.45. The first kappa shape index (κ1) is 13.1. The van der Waals surface area contributed by atoms with Gasteiger partial charge in [0.05, 0.1) is 8.07 Å². The molecule has 1 nitrogen and oxygen atoms in total. The first-order valence-corrected chi connectivity index (χ1v) is 11.2. The molecule has 3 rings (SSSR count). The standard InChI is InChI=1S/C17H24OSi/c1-19(2,3)17-15-9-8-12-6-4-5-7-13(12)14(15)10-11-16(17)18/h4-7,14-15,17H,8-11H2,1-3H3. The Bertz CT molecular complexity index is 500. The number of benzene rings is 1. The van der Waals surface area contributed by atoms with Crippen molar-refractivity contribution in [3.63, 3.8) is 0 Å². The van der Waals surface area contributed by atoms with E-state index in [-0.39, 0.29) is 0 Å². The van der Waals surface area contributed by atoms with E-state index in [9.17, 15) is 4.79 Å². The lowest BCUT2D eigenvalue weighted by atomic mass is 9.67. The maximum Gasteiger partial charge on any atom is 0.133 e. The van der Waals surface area contributed by atoms with Crippen molar-refractivity contribution in [1.29, 1.82) is 0 Å². The van der Waals surface area contributed by atoms with Gasteiger partial charge >= 0.3 is 0 Å². The molecular weight excluding hydrogens is 248 g/mol. The van der Waals surface area contributed by atoms with Gasteiger partial charge in [0.2, 0.25) is 0 Å². The van der Waals surface area contributed by atoms with Gasteiger partial charge in [-0.3, -0.25) is 4.79 Å². The molecule has 0 bridgehead atoms. The molecule has 0 radical (unpaired) electrons. The van der Waals surface area contributed by atoms with Crippen LogP contribution in [-0.2, 0) is 11.2 Å². The molecule has 0 heterocycles. The summed E-state index contributed by atoms with van der Waals surface area (Å²) >= 11 is 0. The van der Waals surface area contributed by atoms with E-state index in [0.717, 1.165) is 12.8 Å². The van der Waals surface area contributed by atoms with Gasteiger partial charge in [0.15, 0.2) is 0 Å². The number of aryl methyl sites for hydroxylation is 1. The lowest BCUT2D eigenvalue weighted by Gasteiger charge is -2.46. The van der Waals surface area contributed by atoms with Gasteiger partial charge in [-0.05, 0) is 42.2 Å². The number of hydrogen-bond donors (Lipinski definition) is 0. The zero-order valence-corrected chi connectivity index (χ0v) is 13.3. The van der Waals surface area contributed by atoms with Crippen LogP contribution in [0.5, 0.6) is 0 Å². The van der Waals surface area contributed by atoms with E-state index in [0.29, 0.717) is 23.2 Å². The molecule has 0 N–H and O–H groups in total. The van der Waals surface area contributed by atoms with E-state index in [2.05, 4.69) is 43.9 Å². The fourth-order valence-electron chi connectivity index (χ4n) is 4.46. The van der Waals surface area contributed by atoms with Crippen molar-refractivity contribution in [2.75, 3.05) is 0 Å². The quantitative estimate of drug-likeness (QED) is 0.692. The Kier molecular flexibility index (Phi) is 3.16. The van der Waals surface area contributed by atoms with Crippen LogP contribution in [0, 0.1) is 5.92 Å². The van der Waals surface area contributed by atoms with Crippen LogP contribution in [0.15, 0.2) is 24.3 Å². The third-order valence-corrected chi connectivity index (χ3v) is 7.74. The zero-order valence-electron chi connectivity index (χ0n) is 12.3. The van der Waals surface area contributed by atoms with E-state index in [4.69, 9.17) is 0 Å². The first-order valence-electron chi connectivity index (χ1n) is 7.59. The maximum absolute atomic E-state index is 12.4. The van der Waals surface area contributed by atoms with Gasteiger partial charge < -0.3 is 0 Å². The summed E-state index contributed by atoms with van der Waals surface area (Å²) in [4.78, 5) is 12.4. The molecule has 2 aliphatic rings. The summed E-state index contributed by atoms with van der Waals surface area (Å²) < 4.78 is 0. The van der Waals surface area contributed by atoms with Crippen LogP contribution in [0.2, 0.25) is 25.2 Å². The summed E-state index contributed by atoms with van der Waals surface area (Å²) in [5.74, 6) is 1.85. The Labute approximate surface area is 117 Å². The number of rotatable bonds is 1. The smallest absolute Gasteiger partial charge is 0.133 e. The summed E-state index contributed by atoms with van der Waals surface area (Å²) in [6.07, 6.45) is 4.29. The second-order valence-electron chi connectivity index (χ2n) is 7.36. The van der Waals surface area contributed by atoms with Gasteiger partial charge in [-0.15, -0.1) is 0 Å². The number of carbonyl (C=O) groups is 1. The van der Waals surface area contributed by atoms with E-state index in [1.165, 1.54) is 18.4 Å². The second-order valence-corrected chi connectivity index (χ2v) is 12.7. The minimum atomic E-state index is -1.40. The summed E-state index contributed by atoms with van der Waals surface area (Å²) in [6, 6.07) is 8.92. The molecule has 1 fully saturated rings. The molecular formula is C17H24OSi. The van der Waals surface area contributed by atoms with Gasteiger partial charge in [-0.25, -0.2) is 0 Å². The molecule has 0 saturated heterocycles. The Morgan fingerprint density at radius 2 is 1.79 bits per heavy atom.